The molecule has 6 nitrogen and oxygen atoms in total. The number of hydrogen-bond donors (Lipinski definition) is 1. The Kier molecular flexibility index (Phi) is 8.47. The molecule has 0 aliphatic heterocycles. The van der Waals surface area contributed by atoms with Gasteiger partial charge in [-0.25, -0.2) is 9.82 Å². The van der Waals surface area contributed by atoms with Crippen LogP contribution in [0.3, 0.4) is 0 Å². The molecule has 0 atom stereocenters. The Morgan fingerprint density at radius 2 is 1.89 bits per heavy atom. The van der Waals surface area contributed by atoms with Gasteiger partial charge in [-0.15, -0.1) is 6.58 Å². The lowest BCUT2D eigenvalue weighted by molar-refractivity contribution is 0.0951. The van der Waals surface area contributed by atoms with Crippen molar-refractivity contribution in [3.8, 4) is 17.6 Å². The molecule has 0 fully saturated rings. The van der Waals surface area contributed by atoms with E-state index in [2.05, 4.69) is 35.3 Å². The third-order valence-corrected chi connectivity index (χ3v) is 5.79. The van der Waals surface area contributed by atoms with Gasteiger partial charge >= 0.3 is 0 Å². The molecule has 4 rings (SSSR count). The Bertz CT molecular complexity index is 1550. The van der Waals surface area contributed by atoms with Crippen molar-refractivity contribution < 1.29 is 18.7 Å². The van der Waals surface area contributed by atoms with Crippen molar-refractivity contribution in [2.24, 2.45) is 5.10 Å². The van der Waals surface area contributed by atoms with E-state index in [1.54, 1.807) is 12.1 Å². The van der Waals surface area contributed by atoms with E-state index in [1.165, 1.54) is 18.3 Å². The average Bonchev–Trinajstić information content (AvgIpc) is 2.92. The highest BCUT2D eigenvalue weighted by atomic mass is 19.1. The van der Waals surface area contributed by atoms with Crippen molar-refractivity contribution in [3.05, 3.63) is 119 Å². The van der Waals surface area contributed by atoms with Gasteiger partial charge in [0.15, 0.2) is 11.5 Å². The number of ether oxygens (including phenoxy) is 2. The second kappa shape index (κ2) is 12.3. The predicted molar refractivity (Wildman–Crippen MR) is 146 cm³/mol. The summed E-state index contributed by atoms with van der Waals surface area (Å²) in [6.07, 6.45) is 3.74. The molecule has 0 aromatic heterocycles. The van der Waals surface area contributed by atoms with Crippen molar-refractivity contribution in [1.82, 2.24) is 5.43 Å². The van der Waals surface area contributed by atoms with Crippen molar-refractivity contribution in [2.75, 3.05) is 6.61 Å². The maximum Gasteiger partial charge on any atom is 0.274 e. The first kappa shape index (κ1) is 26.1. The number of nitriles is 1. The van der Waals surface area contributed by atoms with Crippen LogP contribution < -0.4 is 14.9 Å². The number of halogens is 1. The summed E-state index contributed by atoms with van der Waals surface area (Å²) in [5, 5.41) is 15.1. The van der Waals surface area contributed by atoms with Gasteiger partial charge in [0.05, 0.1) is 30.0 Å². The third-order valence-electron chi connectivity index (χ3n) is 5.79. The molecule has 0 spiro atoms. The summed E-state index contributed by atoms with van der Waals surface area (Å²) in [6, 6.07) is 23.4. The summed E-state index contributed by atoms with van der Waals surface area (Å²) in [5.41, 5.74) is 4.80. The molecule has 0 heterocycles. The molecule has 0 aliphatic carbocycles. The van der Waals surface area contributed by atoms with Gasteiger partial charge in [0.2, 0.25) is 0 Å². The summed E-state index contributed by atoms with van der Waals surface area (Å²) < 4.78 is 26.3. The number of rotatable bonds is 10. The van der Waals surface area contributed by atoms with Crippen LogP contribution in [0.5, 0.6) is 11.5 Å². The van der Waals surface area contributed by atoms with Crippen molar-refractivity contribution in [1.29, 1.82) is 5.26 Å². The fourth-order valence-electron chi connectivity index (χ4n) is 4.05. The van der Waals surface area contributed by atoms with E-state index in [9.17, 15) is 9.18 Å². The molecular weight excluding hydrogens is 481 g/mol. The highest BCUT2D eigenvalue weighted by Crippen LogP contribution is 2.35. The number of nitrogens with zero attached hydrogens (tertiary/aromatic N) is 2. The molecule has 7 heteroatoms. The first-order chi connectivity index (χ1) is 18.5. The molecule has 4 aromatic carbocycles. The lowest BCUT2D eigenvalue weighted by Gasteiger charge is -2.17. The van der Waals surface area contributed by atoms with E-state index in [-0.39, 0.29) is 11.1 Å². The second-order valence-electron chi connectivity index (χ2n) is 8.37. The highest BCUT2D eigenvalue weighted by Gasteiger charge is 2.15. The lowest BCUT2D eigenvalue weighted by Crippen LogP contribution is -2.19. The van der Waals surface area contributed by atoms with E-state index in [0.29, 0.717) is 36.7 Å². The van der Waals surface area contributed by atoms with Crippen molar-refractivity contribution >= 4 is 22.9 Å². The summed E-state index contributed by atoms with van der Waals surface area (Å²) in [7, 11) is 0. The van der Waals surface area contributed by atoms with E-state index < -0.39 is 11.7 Å². The van der Waals surface area contributed by atoms with Crippen LogP contribution in [0.25, 0.3) is 10.8 Å². The normalized spacial score (nSPS) is 10.8. The number of allylic oxidation sites excluding steroid dienone is 1. The first-order valence-electron chi connectivity index (χ1n) is 12.1. The standard InChI is InChI=1S/C31H26FN3O3/c1-3-8-24-15-22(19-34-35-31(36)27-14-13-21(18-33)16-28(27)32)17-29(37-4-2)30(24)38-20-25-11-7-10-23-9-5-6-12-26(23)25/h3,5-7,9-17,19H,1,4,8,20H2,2H3,(H,35,36)/b34-19-. The molecule has 0 saturated heterocycles. The van der Waals surface area contributed by atoms with Crippen LogP contribution in [0.4, 0.5) is 4.39 Å². The van der Waals surface area contributed by atoms with Gasteiger partial charge in [0.25, 0.3) is 5.91 Å². The van der Waals surface area contributed by atoms with Crippen LogP contribution in [-0.2, 0) is 13.0 Å². The molecule has 1 N–H and O–H groups in total. The number of carbonyl (C=O) groups excluding carboxylic acids is 1. The molecule has 190 valence electrons. The first-order valence-corrected chi connectivity index (χ1v) is 12.1. The molecule has 0 saturated carbocycles. The Labute approximate surface area is 220 Å². The zero-order valence-corrected chi connectivity index (χ0v) is 20.9. The molecule has 1 amide bonds. The highest BCUT2D eigenvalue weighted by molar-refractivity contribution is 5.95. The predicted octanol–water partition coefficient (Wildman–Crippen LogP) is 6.32. The number of nitrogens with one attached hydrogen (secondary N) is 1. The van der Waals surface area contributed by atoms with Crippen molar-refractivity contribution in [2.45, 2.75) is 20.0 Å². The van der Waals surface area contributed by atoms with Gasteiger partial charge in [-0.05, 0) is 65.6 Å². The van der Waals surface area contributed by atoms with E-state index in [0.717, 1.165) is 28.0 Å². The fourth-order valence-corrected chi connectivity index (χ4v) is 4.05. The third kappa shape index (κ3) is 6.05. The summed E-state index contributed by atoms with van der Waals surface area (Å²) in [6.45, 7) is 6.52. The second-order valence-corrected chi connectivity index (χ2v) is 8.37. The van der Waals surface area contributed by atoms with Gasteiger partial charge in [0, 0.05) is 5.56 Å². The number of benzene rings is 4. The number of amides is 1. The SMILES string of the molecule is C=CCc1cc(/C=N\NC(=O)c2ccc(C#N)cc2F)cc(OCC)c1OCc1cccc2ccccc12. The molecule has 0 bridgehead atoms. The van der Waals surface area contributed by atoms with E-state index >= 15 is 0 Å². The number of hydrazone groups is 1. The van der Waals surface area contributed by atoms with E-state index in [1.807, 2.05) is 43.3 Å². The van der Waals surface area contributed by atoms with Gasteiger partial charge in [-0.1, -0.05) is 48.5 Å². The molecule has 0 radical (unpaired) electrons. The molecule has 0 aliphatic rings. The zero-order chi connectivity index (χ0) is 26.9. The smallest absolute Gasteiger partial charge is 0.274 e. The van der Waals surface area contributed by atoms with Gasteiger partial charge < -0.3 is 9.47 Å². The molecular formula is C31H26FN3O3. The maximum absolute atomic E-state index is 14.1. The fraction of sp³-hybridized carbons (Fsp3) is 0.129. The van der Waals surface area contributed by atoms with Gasteiger partial charge in [-0.3, -0.25) is 4.79 Å². The zero-order valence-electron chi connectivity index (χ0n) is 20.9. The average molecular weight is 508 g/mol. The quantitative estimate of drug-likeness (QED) is 0.155. The Morgan fingerprint density at radius 3 is 2.66 bits per heavy atom. The van der Waals surface area contributed by atoms with E-state index in [4.69, 9.17) is 14.7 Å². The maximum atomic E-state index is 14.1. The van der Waals surface area contributed by atoms with Crippen LogP contribution in [0.2, 0.25) is 0 Å². The summed E-state index contributed by atoms with van der Waals surface area (Å²) in [5.74, 6) is -0.371. The Morgan fingerprint density at radius 1 is 1.08 bits per heavy atom. The topological polar surface area (TPSA) is 83.7 Å². The number of hydrogen-bond acceptors (Lipinski definition) is 5. The molecule has 0 unspecified atom stereocenters. The van der Waals surface area contributed by atoms with Crippen LogP contribution in [0.15, 0.2) is 90.6 Å². The van der Waals surface area contributed by atoms with Crippen LogP contribution in [0.1, 0.15) is 39.5 Å². The number of fused-ring (bicyclic) bond motifs is 1. The largest absolute Gasteiger partial charge is 0.490 e. The molecule has 38 heavy (non-hydrogen) atoms. The summed E-state index contributed by atoms with van der Waals surface area (Å²) in [4.78, 5) is 12.4. The minimum Gasteiger partial charge on any atom is -0.490 e. The lowest BCUT2D eigenvalue weighted by atomic mass is 10.0. The summed E-state index contributed by atoms with van der Waals surface area (Å²) >= 11 is 0. The Hall–Kier alpha value is -4.96. The van der Waals surface area contributed by atoms with Crippen LogP contribution in [0, 0.1) is 17.1 Å². The minimum atomic E-state index is -0.795. The van der Waals surface area contributed by atoms with Gasteiger partial charge in [0.1, 0.15) is 12.4 Å². The monoisotopic (exact) mass is 507 g/mol. The minimum absolute atomic E-state index is 0.128. The van der Waals surface area contributed by atoms with Crippen LogP contribution >= 0.6 is 0 Å². The molecule has 4 aromatic rings. The van der Waals surface area contributed by atoms with Gasteiger partial charge in [-0.2, -0.15) is 10.4 Å². The van der Waals surface area contributed by atoms with Crippen molar-refractivity contribution in [3.63, 3.8) is 0 Å². The Balaban J connectivity index is 1.57. The number of carbonyl (C=O) groups is 1. The van der Waals surface area contributed by atoms with Crippen LogP contribution in [-0.4, -0.2) is 18.7 Å².